The van der Waals surface area contributed by atoms with Crippen LogP contribution in [-0.2, 0) is 6.42 Å². The number of para-hydroxylation sites is 2. The smallest absolute Gasteiger partial charge is 0.105 e. The molecule has 2 aliphatic rings. The molecule has 2 aliphatic heterocycles. The van der Waals surface area contributed by atoms with Gasteiger partial charge in [0.2, 0.25) is 0 Å². The number of nitrogens with zero attached hydrogens (tertiary/aromatic N) is 2. The molecule has 3 heterocycles. The molecule has 0 bridgehead atoms. The minimum Gasteiger partial charge on any atom is -0.361 e. The lowest BCUT2D eigenvalue weighted by Gasteiger charge is -2.39. The number of anilines is 1. The lowest BCUT2D eigenvalue weighted by molar-refractivity contribution is 0.522. The summed E-state index contributed by atoms with van der Waals surface area (Å²) in [4.78, 5) is 11.1. The minimum atomic E-state index is 0.0481. The topological polar surface area (TPSA) is 31.4 Å². The van der Waals surface area contributed by atoms with Crippen molar-refractivity contribution < 1.29 is 0 Å². The second kappa shape index (κ2) is 5.73. The van der Waals surface area contributed by atoms with Crippen LogP contribution in [-0.4, -0.2) is 16.4 Å². The van der Waals surface area contributed by atoms with Gasteiger partial charge < -0.3 is 9.88 Å². The number of aromatic amines is 1. The van der Waals surface area contributed by atoms with E-state index in [-0.39, 0.29) is 5.54 Å². The van der Waals surface area contributed by atoms with E-state index < -0.39 is 0 Å². The highest BCUT2D eigenvalue weighted by atomic mass is 15.2. The maximum Gasteiger partial charge on any atom is 0.105 e. The first kappa shape index (κ1) is 15.7. The molecule has 0 aliphatic carbocycles. The normalized spacial score (nSPS) is 21.7. The van der Waals surface area contributed by atoms with E-state index in [9.17, 15) is 0 Å². The average Bonchev–Trinajstić information content (AvgIpc) is 3.23. The number of hydrogen-bond donors (Lipinski definition) is 1. The van der Waals surface area contributed by atoms with Gasteiger partial charge in [0.1, 0.15) is 5.84 Å². The molecular formula is C23H25N3. The van der Waals surface area contributed by atoms with Crippen LogP contribution >= 0.6 is 0 Å². The average molecular weight is 343 g/mol. The molecule has 3 aromatic rings. The van der Waals surface area contributed by atoms with Crippen molar-refractivity contribution in [2.75, 3.05) is 4.90 Å². The summed E-state index contributed by atoms with van der Waals surface area (Å²) in [6.45, 7) is 4.49. The van der Waals surface area contributed by atoms with Crippen molar-refractivity contribution in [3.8, 4) is 0 Å². The number of H-pyrrole nitrogens is 1. The van der Waals surface area contributed by atoms with Crippen LogP contribution in [0.5, 0.6) is 0 Å². The number of rotatable bonds is 1. The van der Waals surface area contributed by atoms with Crippen LogP contribution < -0.4 is 4.90 Å². The highest BCUT2D eigenvalue weighted by Gasteiger charge is 2.36. The van der Waals surface area contributed by atoms with Crippen molar-refractivity contribution >= 4 is 22.4 Å². The number of aryl methyl sites for hydroxylation is 1. The van der Waals surface area contributed by atoms with Crippen LogP contribution in [0.25, 0.3) is 10.9 Å². The summed E-state index contributed by atoms with van der Waals surface area (Å²) in [6.07, 6.45) is 6.63. The number of amidine groups is 1. The zero-order valence-electron chi connectivity index (χ0n) is 15.5. The molecule has 0 spiro atoms. The van der Waals surface area contributed by atoms with Crippen molar-refractivity contribution in [1.29, 1.82) is 0 Å². The van der Waals surface area contributed by atoms with Gasteiger partial charge in [-0.15, -0.1) is 0 Å². The first-order valence-electron chi connectivity index (χ1n) is 9.64. The van der Waals surface area contributed by atoms with E-state index in [0.29, 0.717) is 6.04 Å². The number of nitrogens with one attached hydrogen (secondary N) is 1. The Labute approximate surface area is 154 Å². The maximum absolute atomic E-state index is 5.12. The fraction of sp³-hybridized carbons (Fsp3) is 0.348. The summed E-state index contributed by atoms with van der Waals surface area (Å²) >= 11 is 0. The molecule has 26 heavy (non-hydrogen) atoms. The first-order chi connectivity index (χ1) is 12.6. The summed E-state index contributed by atoms with van der Waals surface area (Å²) in [6, 6.07) is 17.8. The molecule has 2 aromatic carbocycles. The van der Waals surface area contributed by atoms with Gasteiger partial charge in [-0.2, -0.15) is 0 Å². The molecule has 5 rings (SSSR count). The highest BCUT2D eigenvalue weighted by Crippen LogP contribution is 2.43. The van der Waals surface area contributed by atoms with Crippen molar-refractivity contribution in [3.05, 3.63) is 65.9 Å². The van der Waals surface area contributed by atoms with Crippen LogP contribution in [0.2, 0.25) is 0 Å². The zero-order valence-corrected chi connectivity index (χ0v) is 15.5. The van der Waals surface area contributed by atoms with Crippen LogP contribution in [0.4, 0.5) is 5.69 Å². The Morgan fingerprint density at radius 2 is 1.85 bits per heavy atom. The minimum absolute atomic E-state index is 0.0481. The lowest BCUT2D eigenvalue weighted by Crippen LogP contribution is -2.37. The van der Waals surface area contributed by atoms with E-state index in [1.54, 1.807) is 0 Å². The summed E-state index contributed by atoms with van der Waals surface area (Å²) in [5.41, 5.74) is 5.44. The molecule has 0 saturated heterocycles. The van der Waals surface area contributed by atoms with Gasteiger partial charge in [-0.25, -0.2) is 0 Å². The third-order valence-corrected chi connectivity index (χ3v) is 5.90. The van der Waals surface area contributed by atoms with Gasteiger partial charge >= 0.3 is 0 Å². The summed E-state index contributed by atoms with van der Waals surface area (Å²) in [5, 5.41) is 1.33. The molecule has 0 fully saturated rings. The fourth-order valence-electron chi connectivity index (χ4n) is 4.58. The molecule has 1 unspecified atom stereocenters. The summed E-state index contributed by atoms with van der Waals surface area (Å²) in [7, 11) is 0. The third kappa shape index (κ3) is 2.45. The van der Waals surface area contributed by atoms with Gasteiger partial charge in [-0.05, 0) is 50.8 Å². The van der Waals surface area contributed by atoms with Gasteiger partial charge in [0.25, 0.3) is 0 Å². The van der Waals surface area contributed by atoms with Crippen LogP contribution in [0, 0.1) is 0 Å². The molecule has 3 heteroatoms. The van der Waals surface area contributed by atoms with Crippen molar-refractivity contribution in [2.45, 2.75) is 51.1 Å². The van der Waals surface area contributed by atoms with Gasteiger partial charge in [0.15, 0.2) is 0 Å². The van der Waals surface area contributed by atoms with E-state index in [1.807, 2.05) is 0 Å². The maximum atomic E-state index is 5.12. The summed E-state index contributed by atoms with van der Waals surface area (Å²) < 4.78 is 0. The Balaban J connectivity index is 1.67. The predicted octanol–water partition coefficient (Wildman–Crippen LogP) is 5.63. The molecule has 0 amide bonds. The Kier molecular flexibility index (Phi) is 3.46. The summed E-state index contributed by atoms with van der Waals surface area (Å²) in [5.74, 6) is 1.25. The second-order valence-corrected chi connectivity index (χ2v) is 8.18. The molecular weight excluding hydrogens is 318 g/mol. The SMILES string of the molecule is CC1(C)CCC(N2c3ccccc3CCC2c2c[nH]c3ccccc23)=N1. The Bertz CT molecular complexity index is 995. The Morgan fingerprint density at radius 3 is 2.69 bits per heavy atom. The van der Waals surface area contributed by atoms with Crippen molar-refractivity contribution in [3.63, 3.8) is 0 Å². The quantitative estimate of drug-likeness (QED) is 0.610. The number of aliphatic imine (C=N–C) groups is 1. The van der Waals surface area contributed by atoms with E-state index >= 15 is 0 Å². The standard InChI is InChI=1S/C23H25N3/c1-23(2)14-13-22(25-23)26-20-10-6-3-7-16(20)11-12-21(26)18-15-24-19-9-5-4-8-17(18)19/h3-10,15,21,24H,11-14H2,1-2H3. The molecule has 1 atom stereocenters. The molecule has 132 valence electrons. The second-order valence-electron chi connectivity index (χ2n) is 8.18. The monoisotopic (exact) mass is 343 g/mol. The van der Waals surface area contributed by atoms with Crippen molar-refractivity contribution in [2.24, 2.45) is 4.99 Å². The number of aromatic nitrogens is 1. The first-order valence-corrected chi connectivity index (χ1v) is 9.64. The van der Waals surface area contributed by atoms with Gasteiger partial charge in [0.05, 0.1) is 11.6 Å². The fourth-order valence-corrected chi connectivity index (χ4v) is 4.58. The number of fused-ring (bicyclic) bond motifs is 2. The third-order valence-electron chi connectivity index (χ3n) is 5.90. The Morgan fingerprint density at radius 1 is 1.04 bits per heavy atom. The lowest BCUT2D eigenvalue weighted by atomic mass is 9.90. The largest absolute Gasteiger partial charge is 0.361 e. The zero-order chi connectivity index (χ0) is 17.7. The molecule has 3 nitrogen and oxygen atoms in total. The molecule has 1 N–H and O–H groups in total. The van der Waals surface area contributed by atoms with Crippen LogP contribution in [0.3, 0.4) is 0 Å². The van der Waals surface area contributed by atoms with Crippen molar-refractivity contribution in [1.82, 2.24) is 4.98 Å². The highest BCUT2D eigenvalue weighted by molar-refractivity contribution is 6.01. The van der Waals surface area contributed by atoms with E-state index in [4.69, 9.17) is 4.99 Å². The van der Waals surface area contributed by atoms with E-state index in [0.717, 1.165) is 25.7 Å². The Hall–Kier alpha value is -2.55. The molecule has 0 saturated carbocycles. The van der Waals surface area contributed by atoms with E-state index in [2.05, 4.69) is 78.5 Å². The van der Waals surface area contributed by atoms with Gasteiger partial charge in [-0.1, -0.05) is 36.4 Å². The van der Waals surface area contributed by atoms with Crippen LogP contribution in [0.1, 0.15) is 50.3 Å². The predicted molar refractivity (Wildman–Crippen MR) is 109 cm³/mol. The number of hydrogen-bond acceptors (Lipinski definition) is 2. The molecule has 0 radical (unpaired) electrons. The van der Waals surface area contributed by atoms with Gasteiger partial charge in [-0.3, -0.25) is 4.99 Å². The van der Waals surface area contributed by atoms with Crippen LogP contribution in [0.15, 0.2) is 59.7 Å². The van der Waals surface area contributed by atoms with Gasteiger partial charge in [0, 0.05) is 34.8 Å². The van der Waals surface area contributed by atoms with E-state index in [1.165, 1.54) is 33.6 Å². The number of benzene rings is 2. The molecule has 1 aromatic heterocycles.